The number of ether oxygens (including phenoxy) is 1. The Morgan fingerprint density at radius 3 is 2.33 bits per heavy atom. The van der Waals surface area contributed by atoms with Crippen molar-refractivity contribution in [3.63, 3.8) is 0 Å². The zero-order valence-corrected chi connectivity index (χ0v) is 11.7. The van der Waals surface area contributed by atoms with Crippen LogP contribution in [0.5, 0.6) is 5.75 Å². The molecule has 4 atom stereocenters. The Labute approximate surface area is 122 Å². The zero-order chi connectivity index (χ0) is 15.0. The fourth-order valence-electron chi connectivity index (χ4n) is 3.42. The number of fused-ring (bicyclic) bond motifs is 2. The molecule has 0 heterocycles. The number of carboxylic acids is 1. The van der Waals surface area contributed by atoms with E-state index in [0.29, 0.717) is 11.4 Å². The van der Waals surface area contributed by atoms with Gasteiger partial charge in [-0.3, -0.25) is 9.59 Å². The first-order valence-electron chi connectivity index (χ1n) is 6.96. The minimum atomic E-state index is -0.887. The standard InChI is InChI=1S/C16H17NO4/c1-21-12-6-4-11(5-7-12)17-15(18)13-9-2-3-10(8-9)14(13)16(19)20/h2-7,9-10,13-14H,8H2,1H3,(H,17,18)(H,19,20)/t9-,10-,13-,14-/m0/s1. The Hall–Kier alpha value is -2.30. The van der Waals surface area contributed by atoms with Gasteiger partial charge in [-0.15, -0.1) is 0 Å². The molecule has 1 aromatic rings. The second-order valence-electron chi connectivity index (χ2n) is 5.56. The normalized spacial score (nSPS) is 29.4. The van der Waals surface area contributed by atoms with Crippen LogP contribution in [-0.4, -0.2) is 24.1 Å². The summed E-state index contributed by atoms with van der Waals surface area (Å²) in [6, 6.07) is 7.00. The van der Waals surface area contributed by atoms with E-state index >= 15 is 0 Å². The third-order valence-electron chi connectivity index (χ3n) is 4.40. The molecule has 2 bridgehead atoms. The van der Waals surface area contributed by atoms with Gasteiger partial charge in [0.1, 0.15) is 5.75 Å². The molecule has 0 spiro atoms. The number of benzene rings is 1. The quantitative estimate of drug-likeness (QED) is 0.832. The minimum absolute atomic E-state index is 0.0147. The number of carbonyl (C=O) groups is 2. The summed E-state index contributed by atoms with van der Waals surface area (Å²) in [5.41, 5.74) is 0.650. The number of methoxy groups -OCH3 is 1. The first kappa shape index (κ1) is 13.7. The lowest BCUT2D eigenvalue weighted by Gasteiger charge is -2.23. The van der Waals surface area contributed by atoms with Crippen molar-refractivity contribution in [2.45, 2.75) is 6.42 Å². The molecule has 2 aliphatic carbocycles. The molecule has 0 aliphatic heterocycles. The maximum Gasteiger partial charge on any atom is 0.307 e. The van der Waals surface area contributed by atoms with E-state index in [0.717, 1.165) is 6.42 Å². The number of nitrogens with one attached hydrogen (secondary N) is 1. The van der Waals surface area contributed by atoms with E-state index in [1.165, 1.54) is 0 Å². The highest BCUT2D eigenvalue weighted by Crippen LogP contribution is 2.48. The molecule has 5 nitrogen and oxygen atoms in total. The van der Waals surface area contributed by atoms with E-state index in [-0.39, 0.29) is 17.7 Å². The van der Waals surface area contributed by atoms with Crippen LogP contribution >= 0.6 is 0 Å². The van der Waals surface area contributed by atoms with Crippen molar-refractivity contribution >= 4 is 17.6 Å². The largest absolute Gasteiger partial charge is 0.497 e. The average Bonchev–Trinajstić information content (AvgIpc) is 3.08. The topological polar surface area (TPSA) is 75.6 Å². The number of amides is 1. The molecular weight excluding hydrogens is 270 g/mol. The molecule has 5 heteroatoms. The van der Waals surface area contributed by atoms with Crippen molar-refractivity contribution in [3.8, 4) is 5.75 Å². The van der Waals surface area contributed by atoms with Crippen molar-refractivity contribution in [2.75, 3.05) is 12.4 Å². The average molecular weight is 287 g/mol. The van der Waals surface area contributed by atoms with Crippen molar-refractivity contribution in [2.24, 2.45) is 23.7 Å². The Morgan fingerprint density at radius 1 is 1.14 bits per heavy atom. The molecule has 3 rings (SSSR count). The summed E-state index contributed by atoms with van der Waals surface area (Å²) in [6.07, 6.45) is 4.67. The Bertz CT molecular complexity index is 593. The van der Waals surface area contributed by atoms with Crippen molar-refractivity contribution in [1.29, 1.82) is 0 Å². The lowest BCUT2D eigenvalue weighted by molar-refractivity contribution is -0.146. The van der Waals surface area contributed by atoms with Crippen LogP contribution < -0.4 is 10.1 Å². The molecule has 1 fully saturated rings. The zero-order valence-electron chi connectivity index (χ0n) is 11.7. The minimum Gasteiger partial charge on any atom is -0.497 e. The maximum atomic E-state index is 12.4. The molecule has 1 amide bonds. The molecule has 0 aromatic heterocycles. The van der Waals surface area contributed by atoms with Gasteiger partial charge >= 0.3 is 5.97 Å². The summed E-state index contributed by atoms with van der Waals surface area (Å²) in [7, 11) is 1.58. The highest BCUT2D eigenvalue weighted by Gasteiger charge is 2.51. The number of hydrogen-bond acceptors (Lipinski definition) is 3. The molecule has 0 unspecified atom stereocenters. The molecule has 1 saturated carbocycles. The monoisotopic (exact) mass is 287 g/mol. The van der Waals surface area contributed by atoms with Gasteiger partial charge in [-0.25, -0.2) is 0 Å². The molecular formula is C16H17NO4. The Kier molecular flexibility index (Phi) is 3.41. The summed E-state index contributed by atoms with van der Waals surface area (Å²) in [6.45, 7) is 0. The Balaban J connectivity index is 1.75. The fraction of sp³-hybridized carbons (Fsp3) is 0.375. The van der Waals surface area contributed by atoms with Crippen LogP contribution in [0, 0.1) is 23.7 Å². The van der Waals surface area contributed by atoms with E-state index in [1.54, 1.807) is 31.4 Å². The maximum absolute atomic E-state index is 12.4. The van der Waals surface area contributed by atoms with Crippen LogP contribution in [0.4, 0.5) is 5.69 Å². The summed E-state index contributed by atoms with van der Waals surface area (Å²) in [5, 5.41) is 12.2. The molecule has 110 valence electrons. The van der Waals surface area contributed by atoms with Crippen LogP contribution in [0.2, 0.25) is 0 Å². The van der Waals surface area contributed by atoms with Gasteiger partial charge in [-0.1, -0.05) is 12.2 Å². The highest BCUT2D eigenvalue weighted by atomic mass is 16.5. The van der Waals surface area contributed by atoms with E-state index < -0.39 is 17.8 Å². The number of rotatable bonds is 4. The number of allylic oxidation sites excluding steroid dienone is 2. The lowest BCUT2D eigenvalue weighted by Crippen LogP contribution is -2.36. The van der Waals surface area contributed by atoms with E-state index in [9.17, 15) is 14.7 Å². The summed E-state index contributed by atoms with van der Waals surface area (Å²) < 4.78 is 5.06. The predicted molar refractivity (Wildman–Crippen MR) is 77.0 cm³/mol. The van der Waals surface area contributed by atoms with Gasteiger partial charge in [0, 0.05) is 5.69 Å². The van der Waals surface area contributed by atoms with Crippen molar-refractivity contribution < 1.29 is 19.4 Å². The third kappa shape index (κ3) is 2.39. The number of carbonyl (C=O) groups excluding carboxylic acids is 1. The number of carboxylic acid groups (broad SMARTS) is 1. The SMILES string of the molecule is COc1ccc(NC(=O)[C@@H]2[C@@H](C(=O)O)[C@H]3C=C[C@H]2C3)cc1. The molecule has 21 heavy (non-hydrogen) atoms. The van der Waals surface area contributed by atoms with Crippen LogP contribution in [0.3, 0.4) is 0 Å². The van der Waals surface area contributed by atoms with Crippen LogP contribution in [0.15, 0.2) is 36.4 Å². The van der Waals surface area contributed by atoms with Crippen LogP contribution in [-0.2, 0) is 9.59 Å². The molecule has 0 saturated heterocycles. The lowest BCUT2D eigenvalue weighted by atomic mass is 9.82. The summed E-state index contributed by atoms with van der Waals surface area (Å²) in [4.78, 5) is 23.8. The van der Waals surface area contributed by atoms with Crippen molar-refractivity contribution in [1.82, 2.24) is 0 Å². The van der Waals surface area contributed by atoms with Gasteiger partial charge in [0.15, 0.2) is 0 Å². The fourth-order valence-corrected chi connectivity index (χ4v) is 3.42. The second-order valence-corrected chi connectivity index (χ2v) is 5.56. The number of hydrogen-bond donors (Lipinski definition) is 2. The molecule has 2 N–H and O–H groups in total. The van der Waals surface area contributed by atoms with Crippen LogP contribution in [0.25, 0.3) is 0 Å². The first-order chi connectivity index (χ1) is 10.1. The predicted octanol–water partition coefficient (Wildman–Crippen LogP) is 2.16. The van der Waals surface area contributed by atoms with E-state index in [4.69, 9.17) is 4.74 Å². The molecule has 1 aromatic carbocycles. The smallest absolute Gasteiger partial charge is 0.307 e. The number of aliphatic carboxylic acids is 1. The molecule has 0 radical (unpaired) electrons. The number of anilines is 1. The summed E-state index contributed by atoms with van der Waals surface area (Å²) in [5.74, 6) is -1.48. The second kappa shape index (κ2) is 5.24. The van der Waals surface area contributed by atoms with E-state index in [1.807, 2.05) is 12.2 Å². The van der Waals surface area contributed by atoms with Gasteiger partial charge < -0.3 is 15.2 Å². The van der Waals surface area contributed by atoms with Gasteiger partial charge in [-0.05, 0) is 42.5 Å². The van der Waals surface area contributed by atoms with Gasteiger partial charge in [0.2, 0.25) is 5.91 Å². The Morgan fingerprint density at radius 2 is 1.76 bits per heavy atom. The van der Waals surface area contributed by atoms with Crippen LogP contribution in [0.1, 0.15) is 6.42 Å². The first-order valence-corrected chi connectivity index (χ1v) is 6.96. The highest BCUT2D eigenvalue weighted by molar-refractivity contribution is 5.96. The van der Waals surface area contributed by atoms with Gasteiger partial charge in [-0.2, -0.15) is 0 Å². The molecule has 2 aliphatic rings. The van der Waals surface area contributed by atoms with Gasteiger partial charge in [0.05, 0.1) is 18.9 Å². The van der Waals surface area contributed by atoms with E-state index in [2.05, 4.69) is 5.32 Å². The van der Waals surface area contributed by atoms with Crippen molar-refractivity contribution in [3.05, 3.63) is 36.4 Å². The third-order valence-corrected chi connectivity index (χ3v) is 4.40. The summed E-state index contributed by atoms with van der Waals surface area (Å²) >= 11 is 0. The van der Waals surface area contributed by atoms with Gasteiger partial charge in [0.25, 0.3) is 0 Å².